The lowest BCUT2D eigenvalue weighted by Crippen LogP contribution is -2.41. The number of hydrogen-bond donors (Lipinski definition) is 0. The van der Waals surface area contributed by atoms with Crippen molar-refractivity contribution >= 4 is 25.8 Å². The van der Waals surface area contributed by atoms with E-state index in [9.17, 15) is 17.2 Å². The Kier molecular flexibility index (Phi) is 4.54. The molecule has 0 saturated heterocycles. The molecule has 0 bridgehead atoms. The minimum absolute atomic E-state index is 0.303. The summed E-state index contributed by atoms with van der Waals surface area (Å²) in [6, 6.07) is 3.57. The van der Waals surface area contributed by atoms with Crippen LogP contribution in [0.5, 0.6) is 0 Å². The van der Waals surface area contributed by atoms with Crippen molar-refractivity contribution in [2.75, 3.05) is 6.26 Å². The van der Waals surface area contributed by atoms with Crippen LogP contribution < -0.4 is 0 Å². The van der Waals surface area contributed by atoms with Gasteiger partial charge in [0.25, 0.3) is 0 Å². The van der Waals surface area contributed by atoms with Crippen LogP contribution in [-0.2, 0) is 16.3 Å². The van der Waals surface area contributed by atoms with E-state index >= 15 is 0 Å². The van der Waals surface area contributed by atoms with E-state index in [0.717, 1.165) is 18.4 Å². The van der Waals surface area contributed by atoms with Crippen LogP contribution in [0.1, 0.15) is 19.4 Å². The number of rotatable bonds is 4. The Hall–Kier alpha value is -0.490. The lowest BCUT2D eigenvalue weighted by molar-refractivity contribution is 0.505. The maximum atomic E-state index is 13.1. The average Bonchev–Trinajstić information content (AvgIpc) is 2.21. The van der Waals surface area contributed by atoms with Crippen LogP contribution >= 0.6 is 15.9 Å². The van der Waals surface area contributed by atoms with Gasteiger partial charge in [-0.3, -0.25) is 0 Å². The summed E-state index contributed by atoms with van der Waals surface area (Å²) in [6.07, 6.45) is 1.46. The Labute approximate surface area is 114 Å². The van der Waals surface area contributed by atoms with Gasteiger partial charge in [0, 0.05) is 11.1 Å². The zero-order valence-corrected chi connectivity index (χ0v) is 12.8. The average molecular weight is 341 g/mol. The highest BCUT2D eigenvalue weighted by atomic mass is 79.9. The molecular weight excluding hydrogens is 326 g/mol. The molecule has 0 radical (unpaired) electrons. The fourth-order valence-electron chi connectivity index (χ4n) is 1.35. The molecule has 0 heterocycles. The van der Waals surface area contributed by atoms with Gasteiger partial charge >= 0.3 is 0 Å². The summed E-state index contributed by atoms with van der Waals surface area (Å²) in [7, 11) is -3.25. The van der Waals surface area contributed by atoms with Gasteiger partial charge in [0.05, 0.1) is 4.75 Å². The monoisotopic (exact) mass is 340 g/mol. The molecule has 1 unspecified atom stereocenters. The third-order valence-corrected chi connectivity index (χ3v) is 7.08. The number of hydrogen-bond acceptors (Lipinski definition) is 2. The van der Waals surface area contributed by atoms with Crippen molar-refractivity contribution in [3.8, 4) is 0 Å². The standard InChI is InChI=1S/C12H15BrF2O2S/c1-12(2,18(3,16)17)11(13)7-8-4-5-9(14)10(15)6-8/h4-6,11H,7H2,1-3H3. The number of sulfone groups is 1. The fraction of sp³-hybridized carbons (Fsp3) is 0.500. The Morgan fingerprint density at radius 2 is 1.83 bits per heavy atom. The first kappa shape index (κ1) is 15.6. The Morgan fingerprint density at radius 3 is 2.28 bits per heavy atom. The molecule has 0 aliphatic carbocycles. The largest absolute Gasteiger partial charge is 0.229 e. The van der Waals surface area contributed by atoms with E-state index in [1.165, 1.54) is 6.07 Å². The maximum Gasteiger partial charge on any atom is 0.159 e. The van der Waals surface area contributed by atoms with Crippen molar-refractivity contribution < 1.29 is 17.2 Å². The van der Waals surface area contributed by atoms with Crippen molar-refractivity contribution in [1.29, 1.82) is 0 Å². The molecule has 0 N–H and O–H groups in total. The summed E-state index contributed by atoms with van der Waals surface area (Å²) in [5.41, 5.74) is 0.549. The van der Waals surface area contributed by atoms with Crippen LogP contribution in [0.4, 0.5) is 8.78 Å². The summed E-state index contributed by atoms with van der Waals surface area (Å²) < 4.78 is 48.1. The van der Waals surface area contributed by atoms with E-state index in [2.05, 4.69) is 15.9 Å². The third-order valence-electron chi connectivity index (χ3n) is 3.11. The van der Waals surface area contributed by atoms with E-state index < -0.39 is 26.2 Å². The van der Waals surface area contributed by atoms with E-state index in [0.29, 0.717) is 12.0 Å². The molecule has 18 heavy (non-hydrogen) atoms. The highest BCUT2D eigenvalue weighted by Gasteiger charge is 2.37. The van der Waals surface area contributed by atoms with Gasteiger partial charge < -0.3 is 0 Å². The SMILES string of the molecule is CC(C)(C(Br)Cc1ccc(F)c(F)c1)S(C)(=O)=O. The molecule has 1 aromatic carbocycles. The van der Waals surface area contributed by atoms with Crippen LogP contribution in [0, 0.1) is 11.6 Å². The second-order valence-corrected chi connectivity index (χ2v) is 8.50. The lowest BCUT2D eigenvalue weighted by atomic mass is 10.0. The van der Waals surface area contributed by atoms with Crippen LogP contribution in [-0.4, -0.2) is 24.2 Å². The molecule has 1 atom stereocenters. The molecule has 0 aromatic heterocycles. The number of alkyl halides is 1. The van der Waals surface area contributed by atoms with E-state index in [-0.39, 0.29) is 4.83 Å². The smallest absolute Gasteiger partial charge is 0.159 e. The van der Waals surface area contributed by atoms with E-state index in [1.807, 2.05) is 0 Å². The molecular formula is C12H15BrF2O2S. The van der Waals surface area contributed by atoms with Gasteiger partial charge in [-0.25, -0.2) is 17.2 Å². The second kappa shape index (κ2) is 5.25. The fourth-order valence-corrected chi connectivity index (χ4v) is 3.29. The van der Waals surface area contributed by atoms with Gasteiger partial charge in [-0.2, -0.15) is 0 Å². The Morgan fingerprint density at radius 1 is 1.28 bits per heavy atom. The zero-order chi connectivity index (χ0) is 14.1. The number of benzene rings is 1. The molecule has 1 aromatic rings. The number of halogens is 3. The summed E-state index contributed by atoms with van der Waals surface area (Å²) >= 11 is 3.32. The van der Waals surface area contributed by atoms with Gasteiger partial charge in [0.1, 0.15) is 0 Å². The summed E-state index contributed by atoms with van der Waals surface area (Å²) in [5, 5.41) is 0. The van der Waals surface area contributed by atoms with Crippen LogP contribution in [0.15, 0.2) is 18.2 Å². The first-order valence-electron chi connectivity index (χ1n) is 5.33. The van der Waals surface area contributed by atoms with Crippen LogP contribution in [0.25, 0.3) is 0 Å². The quantitative estimate of drug-likeness (QED) is 0.789. The highest BCUT2D eigenvalue weighted by molar-refractivity contribution is 9.09. The summed E-state index contributed by atoms with van der Waals surface area (Å²) in [6.45, 7) is 3.20. The molecule has 0 fully saturated rings. The van der Waals surface area contributed by atoms with Crippen molar-refractivity contribution in [1.82, 2.24) is 0 Å². The topological polar surface area (TPSA) is 34.1 Å². The van der Waals surface area contributed by atoms with Gasteiger partial charge in [0.2, 0.25) is 0 Å². The summed E-state index contributed by atoms with van der Waals surface area (Å²) in [5.74, 6) is -1.84. The first-order valence-corrected chi connectivity index (χ1v) is 8.14. The van der Waals surface area contributed by atoms with Crippen LogP contribution in [0.2, 0.25) is 0 Å². The van der Waals surface area contributed by atoms with Gasteiger partial charge in [-0.05, 0) is 38.0 Å². The van der Waals surface area contributed by atoms with Crippen molar-refractivity contribution in [3.63, 3.8) is 0 Å². The molecule has 0 spiro atoms. The molecule has 1 rings (SSSR count). The van der Waals surface area contributed by atoms with Gasteiger partial charge in [-0.15, -0.1) is 0 Å². The molecule has 102 valence electrons. The minimum Gasteiger partial charge on any atom is -0.229 e. The van der Waals surface area contributed by atoms with E-state index in [1.54, 1.807) is 13.8 Å². The van der Waals surface area contributed by atoms with E-state index in [4.69, 9.17) is 0 Å². The van der Waals surface area contributed by atoms with Crippen LogP contribution in [0.3, 0.4) is 0 Å². The zero-order valence-electron chi connectivity index (χ0n) is 10.4. The van der Waals surface area contributed by atoms with Crippen molar-refractivity contribution in [3.05, 3.63) is 35.4 Å². The molecule has 0 aliphatic rings. The van der Waals surface area contributed by atoms with Gasteiger partial charge in [0.15, 0.2) is 21.5 Å². The third kappa shape index (κ3) is 3.29. The molecule has 2 nitrogen and oxygen atoms in total. The summed E-state index contributed by atoms with van der Waals surface area (Å²) in [4.78, 5) is -0.384. The predicted octanol–water partition coefficient (Wildman–Crippen LogP) is 3.09. The van der Waals surface area contributed by atoms with Gasteiger partial charge in [-0.1, -0.05) is 22.0 Å². The normalized spacial score (nSPS) is 14.6. The first-order chi connectivity index (χ1) is 8.05. The Balaban J connectivity index is 2.94. The molecule has 0 amide bonds. The van der Waals surface area contributed by atoms with Crippen molar-refractivity contribution in [2.24, 2.45) is 0 Å². The predicted molar refractivity (Wildman–Crippen MR) is 71.7 cm³/mol. The van der Waals surface area contributed by atoms with Crippen molar-refractivity contribution in [2.45, 2.75) is 29.8 Å². The molecule has 0 saturated carbocycles. The highest BCUT2D eigenvalue weighted by Crippen LogP contribution is 2.29. The molecule has 6 heteroatoms. The second-order valence-electron chi connectivity index (χ2n) is 4.80. The lowest BCUT2D eigenvalue weighted by Gasteiger charge is -2.28. The molecule has 0 aliphatic heterocycles. The maximum absolute atomic E-state index is 13.1. The Bertz CT molecular complexity index is 541. The minimum atomic E-state index is -3.25.